The maximum absolute atomic E-state index is 10.9. The Hall–Kier alpha value is -1.17. The molecule has 0 aliphatic carbocycles. The number of rotatable bonds is 2. The van der Waals surface area contributed by atoms with Crippen LogP contribution in [0.2, 0.25) is 0 Å². The van der Waals surface area contributed by atoms with Gasteiger partial charge in [0.25, 0.3) is 0 Å². The molecular formula is C7H8BrN3O2. The molecular weight excluding hydrogens is 238 g/mol. The van der Waals surface area contributed by atoms with Crippen LogP contribution >= 0.6 is 15.9 Å². The minimum Gasteiger partial charge on any atom is -0.450 e. The lowest BCUT2D eigenvalue weighted by molar-refractivity contribution is 0.168. The molecule has 0 aromatic carbocycles. The van der Waals surface area contributed by atoms with Crippen molar-refractivity contribution < 1.29 is 9.53 Å². The summed E-state index contributed by atoms with van der Waals surface area (Å²) < 4.78 is 5.26. The third-order valence-electron chi connectivity index (χ3n) is 1.13. The molecule has 1 aromatic heterocycles. The van der Waals surface area contributed by atoms with Crippen molar-refractivity contribution in [2.24, 2.45) is 0 Å². The Morgan fingerprint density at radius 1 is 1.62 bits per heavy atom. The molecule has 0 aliphatic heterocycles. The van der Waals surface area contributed by atoms with Gasteiger partial charge in [0.05, 0.1) is 19.0 Å². The van der Waals surface area contributed by atoms with Crippen molar-refractivity contribution in [3.63, 3.8) is 0 Å². The standard InChI is InChI=1S/C7H8BrN3O2/c1-2-13-7(12)11-6-4-9-5(8)3-10-6/h3-4H,2H2,1H3,(H,10,11,12). The molecule has 0 atom stereocenters. The molecule has 0 unspecified atom stereocenters. The van der Waals surface area contributed by atoms with E-state index in [0.29, 0.717) is 17.0 Å². The molecule has 13 heavy (non-hydrogen) atoms. The van der Waals surface area contributed by atoms with Crippen molar-refractivity contribution in [3.05, 3.63) is 17.0 Å². The van der Waals surface area contributed by atoms with Crippen molar-refractivity contribution in [2.45, 2.75) is 6.92 Å². The molecule has 5 nitrogen and oxygen atoms in total. The number of aromatic nitrogens is 2. The summed E-state index contributed by atoms with van der Waals surface area (Å²) in [6.07, 6.45) is 2.39. The molecule has 1 aromatic rings. The van der Waals surface area contributed by atoms with Crippen molar-refractivity contribution in [1.82, 2.24) is 9.97 Å². The number of ether oxygens (including phenoxy) is 1. The molecule has 0 spiro atoms. The van der Waals surface area contributed by atoms with Gasteiger partial charge in [0.2, 0.25) is 0 Å². The van der Waals surface area contributed by atoms with Crippen LogP contribution in [0.4, 0.5) is 10.6 Å². The van der Waals surface area contributed by atoms with Crippen molar-refractivity contribution in [3.8, 4) is 0 Å². The van der Waals surface area contributed by atoms with Crippen LogP contribution < -0.4 is 5.32 Å². The van der Waals surface area contributed by atoms with E-state index < -0.39 is 6.09 Å². The van der Waals surface area contributed by atoms with Gasteiger partial charge < -0.3 is 4.74 Å². The zero-order valence-electron chi connectivity index (χ0n) is 6.95. The second-order valence-electron chi connectivity index (χ2n) is 2.07. The topological polar surface area (TPSA) is 64.1 Å². The van der Waals surface area contributed by atoms with Crippen LogP contribution in [0.3, 0.4) is 0 Å². The summed E-state index contributed by atoms with van der Waals surface area (Å²) in [6, 6.07) is 0. The summed E-state index contributed by atoms with van der Waals surface area (Å²) in [5.41, 5.74) is 0. The zero-order valence-corrected chi connectivity index (χ0v) is 8.54. The number of amides is 1. The molecule has 0 radical (unpaired) electrons. The molecule has 1 rings (SSSR count). The third-order valence-corrected chi connectivity index (χ3v) is 1.54. The first-order valence-corrected chi connectivity index (χ1v) is 4.43. The van der Waals surface area contributed by atoms with E-state index in [1.165, 1.54) is 12.4 Å². The molecule has 1 amide bonds. The van der Waals surface area contributed by atoms with Crippen molar-refractivity contribution >= 4 is 27.8 Å². The second-order valence-corrected chi connectivity index (χ2v) is 2.88. The number of nitrogens with one attached hydrogen (secondary N) is 1. The average molecular weight is 246 g/mol. The summed E-state index contributed by atoms with van der Waals surface area (Å²) in [5.74, 6) is 0.363. The van der Waals surface area contributed by atoms with Crippen LogP contribution in [-0.2, 0) is 4.74 Å². The van der Waals surface area contributed by atoms with Gasteiger partial charge in [0, 0.05) is 0 Å². The smallest absolute Gasteiger partial charge is 0.412 e. The molecule has 0 saturated heterocycles. The highest BCUT2D eigenvalue weighted by molar-refractivity contribution is 9.10. The van der Waals surface area contributed by atoms with Gasteiger partial charge in [-0.1, -0.05) is 0 Å². The predicted octanol–water partition coefficient (Wildman–Crippen LogP) is 1.81. The normalized spacial score (nSPS) is 9.38. The summed E-state index contributed by atoms with van der Waals surface area (Å²) in [7, 11) is 0. The summed E-state index contributed by atoms with van der Waals surface area (Å²) >= 11 is 3.12. The van der Waals surface area contributed by atoms with E-state index in [2.05, 4.69) is 36.0 Å². The van der Waals surface area contributed by atoms with Gasteiger partial charge in [-0.05, 0) is 22.9 Å². The second kappa shape index (κ2) is 4.76. The van der Waals surface area contributed by atoms with Crippen LogP contribution in [-0.4, -0.2) is 22.7 Å². The van der Waals surface area contributed by atoms with Gasteiger partial charge in [-0.25, -0.2) is 14.8 Å². The largest absolute Gasteiger partial charge is 0.450 e. The Labute approximate surface area is 83.7 Å². The zero-order chi connectivity index (χ0) is 9.68. The van der Waals surface area contributed by atoms with Crippen LogP contribution in [0.15, 0.2) is 17.0 Å². The molecule has 0 bridgehead atoms. The fraction of sp³-hybridized carbons (Fsp3) is 0.286. The van der Waals surface area contributed by atoms with E-state index in [9.17, 15) is 4.79 Å². The minimum absolute atomic E-state index is 0.329. The first-order valence-electron chi connectivity index (χ1n) is 3.63. The first kappa shape index (κ1) is 9.91. The monoisotopic (exact) mass is 245 g/mol. The highest BCUT2D eigenvalue weighted by atomic mass is 79.9. The molecule has 1 heterocycles. The number of nitrogens with zero attached hydrogens (tertiary/aromatic N) is 2. The molecule has 0 aliphatic rings. The highest BCUT2D eigenvalue weighted by Gasteiger charge is 2.02. The lowest BCUT2D eigenvalue weighted by Gasteiger charge is -2.02. The van der Waals surface area contributed by atoms with E-state index in [4.69, 9.17) is 0 Å². The van der Waals surface area contributed by atoms with Gasteiger partial charge >= 0.3 is 6.09 Å². The van der Waals surface area contributed by atoms with E-state index in [1.54, 1.807) is 6.92 Å². The third kappa shape index (κ3) is 3.37. The lowest BCUT2D eigenvalue weighted by Crippen LogP contribution is -2.14. The Morgan fingerprint density at radius 2 is 2.38 bits per heavy atom. The summed E-state index contributed by atoms with van der Waals surface area (Å²) in [4.78, 5) is 18.6. The number of carbonyl (C=O) groups excluding carboxylic acids is 1. The van der Waals surface area contributed by atoms with E-state index in [0.717, 1.165) is 0 Å². The maximum Gasteiger partial charge on any atom is 0.412 e. The fourth-order valence-electron chi connectivity index (χ4n) is 0.649. The summed E-state index contributed by atoms with van der Waals surface area (Å²) in [6.45, 7) is 2.06. The van der Waals surface area contributed by atoms with Gasteiger partial charge in [-0.3, -0.25) is 5.32 Å². The van der Waals surface area contributed by atoms with Crippen LogP contribution in [0.1, 0.15) is 6.92 Å². The molecule has 0 saturated carbocycles. The number of carbonyl (C=O) groups is 1. The molecule has 1 N–H and O–H groups in total. The number of hydrogen-bond donors (Lipinski definition) is 1. The van der Waals surface area contributed by atoms with Crippen LogP contribution in [0.25, 0.3) is 0 Å². The van der Waals surface area contributed by atoms with E-state index in [-0.39, 0.29) is 0 Å². The van der Waals surface area contributed by atoms with Gasteiger partial charge in [0.15, 0.2) is 5.82 Å². The quantitative estimate of drug-likeness (QED) is 0.864. The fourth-order valence-corrected chi connectivity index (χ4v) is 0.853. The van der Waals surface area contributed by atoms with Gasteiger partial charge in [-0.15, -0.1) is 0 Å². The first-order chi connectivity index (χ1) is 6.22. The molecule has 0 fully saturated rings. The van der Waals surface area contributed by atoms with E-state index >= 15 is 0 Å². The Bertz CT molecular complexity index is 288. The number of hydrogen-bond acceptors (Lipinski definition) is 4. The Morgan fingerprint density at radius 3 is 2.92 bits per heavy atom. The number of anilines is 1. The van der Waals surface area contributed by atoms with E-state index in [1.807, 2.05) is 0 Å². The summed E-state index contributed by atoms with van der Waals surface area (Å²) in [5, 5.41) is 2.41. The Kier molecular flexibility index (Phi) is 3.63. The highest BCUT2D eigenvalue weighted by Crippen LogP contribution is 2.06. The molecule has 6 heteroatoms. The molecule has 70 valence electrons. The van der Waals surface area contributed by atoms with Gasteiger partial charge in [0.1, 0.15) is 4.60 Å². The van der Waals surface area contributed by atoms with Crippen molar-refractivity contribution in [2.75, 3.05) is 11.9 Å². The average Bonchev–Trinajstić information content (AvgIpc) is 2.09. The minimum atomic E-state index is -0.529. The van der Waals surface area contributed by atoms with Crippen LogP contribution in [0, 0.1) is 0 Å². The SMILES string of the molecule is CCOC(=O)Nc1cnc(Br)cn1. The number of halogens is 1. The predicted molar refractivity (Wildman–Crippen MR) is 50.4 cm³/mol. The Balaban J connectivity index is 2.54. The lowest BCUT2D eigenvalue weighted by atomic mass is 10.6. The van der Waals surface area contributed by atoms with Crippen LogP contribution in [0.5, 0.6) is 0 Å². The maximum atomic E-state index is 10.9. The van der Waals surface area contributed by atoms with Crippen molar-refractivity contribution in [1.29, 1.82) is 0 Å². The van der Waals surface area contributed by atoms with Gasteiger partial charge in [-0.2, -0.15) is 0 Å².